The lowest BCUT2D eigenvalue weighted by molar-refractivity contribution is 0.0689. The van der Waals surface area contributed by atoms with Crippen LogP contribution < -0.4 is 11.1 Å². The molecule has 1 amide bonds. The van der Waals surface area contributed by atoms with E-state index in [0.717, 1.165) is 0 Å². The lowest BCUT2D eigenvalue weighted by Gasteiger charge is -2.20. The number of halogens is 1. The number of aromatic nitrogens is 1. The zero-order chi connectivity index (χ0) is 14.1. The van der Waals surface area contributed by atoms with Gasteiger partial charge in [0.15, 0.2) is 0 Å². The van der Waals surface area contributed by atoms with Gasteiger partial charge >= 0.3 is 5.97 Å². The van der Waals surface area contributed by atoms with E-state index >= 15 is 0 Å². The highest BCUT2D eigenvalue weighted by Gasteiger charge is 2.25. The molecule has 7 heteroatoms. The average Bonchev–Trinajstić information content (AvgIpc) is 2.12. The zero-order valence-electron chi connectivity index (χ0n) is 10.2. The Bertz CT molecular complexity index is 509. The van der Waals surface area contributed by atoms with Crippen molar-refractivity contribution in [2.75, 3.05) is 5.73 Å². The molecule has 1 rings (SSSR count). The SMILES string of the molecule is CC(C)(C)NC(=O)c1nc(N)cc(Cl)c1C(=O)O. The summed E-state index contributed by atoms with van der Waals surface area (Å²) < 4.78 is 0. The number of anilines is 1. The molecule has 0 unspecified atom stereocenters. The molecule has 0 spiro atoms. The molecule has 1 heterocycles. The van der Waals surface area contributed by atoms with E-state index in [9.17, 15) is 9.59 Å². The third-order valence-corrected chi connectivity index (χ3v) is 2.21. The number of nitrogen functional groups attached to an aromatic ring is 1. The quantitative estimate of drug-likeness (QED) is 0.757. The van der Waals surface area contributed by atoms with Crippen LogP contribution in [-0.2, 0) is 0 Å². The minimum absolute atomic E-state index is 0.0101. The van der Waals surface area contributed by atoms with Gasteiger partial charge in [-0.15, -0.1) is 0 Å². The molecule has 0 bridgehead atoms. The van der Waals surface area contributed by atoms with Gasteiger partial charge in [0.2, 0.25) is 0 Å². The fourth-order valence-electron chi connectivity index (χ4n) is 1.30. The van der Waals surface area contributed by atoms with Crippen molar-refractivity contribution in [3.8, 4) is 0 Å². The maximum absolute atomic E-state index is 11.9. The minimum Gasteiger partial charge on any atom is -0.478 e. The Labute approximate surface area is 109 Å². The molecular formula is C11H14ClN3O3. The molecule has 1 aromatic heterocycles. The second kappa shape index (κ2) is 4.81. The number of carbonyl (C=O) groups excluding carboxylic acids is 1. The molecular weight excluding hydrogens is 258 g/mol. The highest BCUT2D eigenvalue weighted by Crippen LogP contribution is 2.21. The van der Waals surface area contributed by atoms with Crippen molar-refractivity contribution in [2.24, 2.45) is 0 Å². The molecule has 18 heavy (non-hydrogen) atoms. The van der Waals surface area contributed by atoms with Crippen LogP contribution in [0.5, 0.6) is 0 Å². The lowest BCUT2D eigenvalue weighted by Crippen LogP contribution is -2.41. The normalized spacial score (nSPS) is 11.1. The summed E-state index contributed by atoms with van der Waals surface area (Å²) >= 11 is 5.76. The number of carboxylic acid groups (broad SMARTS) is 1. The summed E-state index contributed by atoms with van der Waals surface area (Å²) in [6, 6.07) is 1.19. The van der Waals surface area contributed by atoms with Crippen LogP contribution in [-0.4, -0.2) is 27.5 Å². The van der Waals surface area contributed by atoms with E-state index in [1.54, 1.807) is 20.8 Å². The van der Waals surface area contributed by atoms with Crippen LogP contribution >= 0.6 is 11.6 Å². The third-order valence-electron chi connectivity index (χ3n) is 1.91. The van der Waals surface area contributed by atoms with Gasteiger partial charge in [-0.05, 0) is 26.8 Å². The maximum Gasteiger partial charge on any atom is 0.339 e. The number of pyridine rings is 1. The van der Waals surface area contributed by atoms with Gasteiger partial charge in [0.1, 0.15) is 17.1 Å². The molecule has 0 saturated heterocycles. The summed E-state index contributed by atoms with van der Waals surface area (Å²) in [5.74, 6) is -1.97. The van der Waals surface area contributed by atoms with Crippen LogP contribution in [0.15, 0.2) is 6.07 Å². The van der Waals surface area contributed by atoms with Gasteiger partial charge in [-0.1, -0.05) is 11.6 Å². The van der Waals surface area contributed by atoms with Crippen molar-refractivity contribution < 1.29 is 14.7 Å². The first-order chi connectivity index (χ1) is 8.11. The first kappa shape index (κ1) is 14.2. The number of nitrogens with one attached hydrogen (secondary N) is 1. The van der Waals surface area contributed by atoms with Crippen molar-refractivity contribution in [1.29, 1.82) is 0 Å². The molecule has 0 aliphatic carbocycles. The fourth-order valence-corrected chi connectivity index (χ4v) is 1.58. The van der Waals surface area contributed by atoms with Crippen LogP contribution in [0.1, 0.15) is 41.6 Å². The van der Waals surface area contributed by atoms with Gasteiger partial charge in [0.25, 0.3) is 5.91 Å². The van der Waals surface area contributed by atoms with E-state index in [-0.39, 0.29) is 22.1 Å². The number of carboxylic acids is 1. The first-order valence-electron chi connectivity index (χ1n) is 5.13. The zero-order valence-corrected chi connectivity index (χ0v) is 11.0. The molecule has 4 N–H and O–H groups in total. The van der Waals surface area contributed by atoms with Crippen LogP contribution in [0.4, 0.5) is 5.82 Å². The molecule has 6 nitrogen and oxygen atoms in total. The first-order valence-corrected chi connectivity index (χ1v) is 5.51. The lowest BCUT2D eigenvalue weighted by atomic mass is 10.1. The standard InChI is InChI=1S/C11H14ClN3O3/c1-11(2,3)15-9(16)8-7(10(17)18)5(12)4-6(13)14-8/h4H,1-3H3,(H2,13,14)(H,15,16)(H,17,18). The predicted molar refractivity (Wildman–Crippen MR) is 67.8 cm³/mol. The third kappa shape index (κ3) is 3.33. The van der Waals surface area contributed by atoms with E-state index in [0.29, 0.717) is 0 Å². The summed E-state index contributed by atoms with van der Waals surface area (Å²) in [6.07, 6.45) is 0. The van der Waals surface area contributed by atoms with E-state index in [2.05, 4.69) is 10.3 Å². The number of amides is 1. The summed E-state index contributed by atoms with van der Waals surface area (Å²) in [7, 11) is 0. The van der Waals surface area contributed by atoms with Crippen LogP contribution in [0.3, 0.4) is 0 Å². The van der Waals surface area contributed by atoms with E-state index in [1.165, 1.54) is 6.07 Å². The monoisotopic (exact) mass is 271 g/mol. The van der Waals surface area contributed by atoms with Crippen LogP contribution in [0.2, 0.25) is 5.02 Å². The Morgan fingerprint density at radius 3 is 2.44 bits per heavy atom. The van der Waals surface area contributed by atoms with Crippen molar-refractivity contribution in [1.82, 2.24) is 10.3 Å². The number of nitrogens with zero attached hydrogens (tertiary/aromatic N) is 1. The van der Waals surface area contributed by atoms with Gasteiger partial charge in [-0.25, -0.2) is 9.78 Å². The van der Waals surface area contributed by atoms with E-state index in [1.807, 2.05) is 0 Å². The number of hydrogen-bond acceptors (Lipinski definition) is 4. The number of hydrogen-bond donors (Lipinski definition) is 3. The molecule has 0 atom stereocenters. The molecule has 0 radical (unpaired) electrons. The summed E-state index contributed by atoms with van der Waals surface area (Å²) in [6.45, 7) is 5.29. The van der Waals surface area contributed by atoms with Crippen LogP contribution in [0, 0.1) is 0 Å². The van der Waals surface area contributed by atoms with Crippen molar-refractivity contribution in [2.45, 2.75) is 26.3 Å². The Morgan fingerprint density at radius 2 is 2.00 bits per heavy atom. The highest BCUT2D eigenvalue weighted by molar-refractivity contribution is 6.34. The molecule has 0 aliphatic rings. The van der Waals surface area contributed by atoms with Crippen LogP contribution in [0.25, 0.3) is 0 Å². The Balaban J connectivity index is 3.31. The van der Waals surface area contributed by atoms with Crippen molar-refractivity contribution >= 4 is 29.3 Å². The van der Waals surface area contributed by atoms with Gasteiger partial charge in [0, 0.05) is 5.54 Å². The van der Waals surface area contributed by atoms with Gasteiger partial charge < -0.3 is 16.2 Å². The summed E-state index contributed by atoms with van der Waals surface area (Å²) in [5, 5.41) is 11.5. The summed E-state index contributed by atoms with van der Waals surface area (Å²) in [4.78, 5) is 26.8. The van der Waals surface area contributed by atoms with Gasteiger partial charge in [-0.3, -0.25) is 4.79 Å². The van der Waals surface area contributed by atoms with E-state index < -0.39 is 17.4 Å². The topological polar surface area (TPSA) is 105 Å². The molecule has 1 aromatic rings. The fraction of sp³-hybridized carbons (Fsp3) is 0.364. The number of rotatable bonds is 2. The second-order valence-corrected chi connectivity index (χ2v) is 5.17. The van der Waals surface area contributed by atoms with Gasteiger partial charge in [0.05, 0.1) is 5.02 Å². The Hall–Kier alpha value is -1.82. The number of aromatic carboxylic acids is 1. The Morgan fingerprint density at radius 1 is 1.44 bits per heavy atom. The maximum atomic E-state index is 11.9. The van der Waals surface area contributed by atoms with Crippen molar-refractivity contribution in [3.05, 3.63) is 22.3 Å². The summed E-state index contributed by atoms with van der Waals surface area (Å²) in [5.41, 5.74) is 4.30. The molecule has 0 saturated carbocycles. The average molecular weight is 272 g/mol. The Kier molecular flexibility index (Phi) is 3.81. The largest absolute Gasteiger partial charge is 0.478 e. The molecule has 0 aliphatic heterocycles. The number of nitrogens with two attached hydrogens (primary N) is 1. The van der Waals surface area contributed by atoms with E-state index in [4.69, 9.17) is 22.4 Å². The molecule has 0 fully saturated rings. The second-order valence-electron chi connectivity index (χ2n) is 4.76. The van der Waals surface area contributed by atoms with Crippen molar-refractivity contribution in [3.63, 3.8) is 0 Å². The molecule has 0 aromatic carbocycles. The smallest absolute Gasteiger partial charge is 0.339 e. The minimum atomic E-state index is -1.33. The van der Waals surface area contributed by atoms with Gasteiger partial charge in [-0.2, -0.15) is 0 Å². The molecule has 98 valence electrons. The highest BCUT2D eigenvalue weighted by atomic mass is 35.5. The number of carbonyl (C=O) groups is 2. The predicted octanol–water partition coefficient (Wildman–Crippen LogP) is 1.54.